The molecule has 7 heteroatoms. The summed E-state index contributed by atoms with van der Waals surface area (Å²) in [5, 5.41) is 0. The summed E-state index contributed by atoms with van der Waals surface area (Å²) in [6.45, 7) is 6.32. The molecule has 0 radical (unpaired) electrons. The smallest absolute Gasteiger partial charge is 0.280 e. The van der Waals surface area contributed by atoms with Crippen molar-refractivity contribution in [2.75, 3.05) is 6.26 Å². The van der Waals surface area contributed by atoms with Gasteiger partial charge in [0.25, 0.3) is 5.91 Å². The van der Waals surface area contributed by atoms with Gasteiger partial charge >= 0.3 is 0 Å². The molecule has 0 saturated heterocycles. The fourth-order valence-corrected chi connectivity index (χ4v) is 3.70. The van der Waals surface area contributed by atoms with Gasteiger partial charge in [0.15, 0.2) is 15.8 Å². The van der Waals surface area contributed by atoms with E-state index in [1.807, 2.05) is 12.1 Å². The lowest BCUT2D eigenvalue weighted by atomic mass is 9.86. The van der Waals surface area contributed by atoms with Crippen molar-refractivity contribution in [2.24, 2.45) is 16.5 Å². The Kier molecular flexibility index (Phi) is 6.61. The van der Waals surface area contributed by atoms with E-state index in [1.54, 1.807) is 6.07 Å². The average Bonchev–Trinajstić information content (AvgIpc) is 2.65. The van der Waals surface area contributed by atoms with E-state index < -0.39 is 15.7 Å². The van der Waals surface area contributed by atoms with Crippen LogP contribution in [0, 0.1) is 0 Å². The van der Waals surface area contributed by atoms with Gasteiger partial charge in [-0.2, -0.15) is 4.99 Å². The molecule has 0 spiro atoms. The second-order valence-electron chi connectivity index (χ2n) is 6.91. The highest BCUT2D eigenvalue weighted by atomic mass is 32.2. The third-order valence-corrected chi connectivity index (χ3v) is 5.95. The molecule has 2 aromatic carbocycles. The number of nitrogens with zero attached hydrogens (tertiary/aromatic N) is 1. The SMILES string of the molecule is CCc1ccc(-c2ccc(S(C)(=O)=O)cc2C(=O)N=C(N)N)c(C(C)CC)c1. The number of sulfone groups is 1. The van der Waals surface area contributed by atoms with Crippen molar-refractivity contribution in [1.82, 2.24) is 0 Å². The summed E-state index contributed by atoms with van der Waals surface area (Å²) in [6, 6.07) is 10.6. The lowest BCUT2D eigenvalue weighted by Crippen LogP contribution is -2.24. The molecule has 28 heavy (non-hydrogen) atoms. The molecule has 1 unspecified atom stereocenters. The third-order valence-electron chi connectivity index (χ3n) is 4.84. The molecule has 0 fully saturated rings. The highest BCUT2D eigenvalue weighted by Crippen LogP contribution is 2.35. The maximum Gasteiger partial charge on any atom is 0.280 e. The maximum absolute atomic E-state index is 12.7. The molecule has 2 aromatic rings. The van der Waals surface area contributed by atoms with Crippen LogP contribution in [0.25, 0.3) is 11.1 Å². The second kappa shape index (κ2) is 8.56. The van der Waals surface area contributed by atoms with Gasteiger partial charge in [0.2, 0.25) is 0 Å². The van der Waals surface area contributed by atoms with E-state index in [0.29, 0.717) is 5.56 Å². The van der Waals surface area contributed by atoms with Gasteiger partial charge in [-0.3, -0.25) is 4.79 Å². The maximum atomic E-state index is 12.7. The Bertz CT molecular complexity index is 1020. The molecule has 0 aliphatic carbocycles. The number of aliphatic imine (C=N–C) groups is 1. The Labute approximate surface area is 166 Å². The second-order valence-corrected chi connectivity index (χ2v) is 8.92. The standard InChI is InChI=1S/C21H27N3O3S/c1-5-13(3)18-11-14(6-2)7-9-16(18)17-10-8-15(28(4,26)27)12-19(17)20(25)24-21(22)23/h7-13H,5-6H2,1-4H3,(H4,22,23,24,25). The van der Waals surface area contributed by atoms with Crippen LogP contribution in [0.3, 0.4) is 0 Å². The number of aryl methyl sites for hydroxylation is 1. The van der Waals surface area contributed by atoms with Crippen molar-refractivity contribution >= 4 is 21.7 Å². The number of guanidine groups is 1. The van der Waals surface area contributed by atoms with Gasteiger partial charge in [-0.15, -0.1) is 0 Å². The van der Waals surface area contributed by atoms with E-state index in [4.69, 9.17) is 11.5 Å². The number of hydrogen-bond donors (Lipinski definition) is 2. The first kappa shape index (κ1) is 21.6. The number of carbonyl (C=O) groups excluding carboxylic acids is 1. The molecule has 150 valence electrons. The normalized spacial score (nSPS) is 12.4. The van der Waals surface area contributed by atoms with Crippen molar-refractivity contribution in [3.63, 3.8) is 0 Å². The van der Waals surface area contributed by atoms with Crippen LogP contribution in [0.1, 0.15) is 54.6 Å². The minimum Gasteiger partial charge on any atom is -0.370 e. The zero-order chi connectivity index (χ0) is 21.1. The first-order valence-corrected chi connectivity index (χ1v) is 11.1. The summed E-state index contributed by atoms with van der Waals surface area (Å²) >= 11 is 0. The van der Waals surface area contributed by atoms with Gasteiger partial charge in [0.05, 0.1) is 10.5 Å². The van der Waals surface area contributed by atoms with Crippen LogP contribution < -0.4 is 11.5 Å². The lowest BCUT2D eigenvalue weighted by Gasteiger charge is -2.19. The third kappa shape index (κ3) is 4.78. The van der Waals surface area contributed by atoms with Crippen LogP contribution in [0.4, 0.5) is 0 Å². The van der Waals surface area contributed by atoms with Crippen molar-refractivity contribution in [3.8, 4) is 11.1 Å². The number of benzene rings is 2. The lowest BCUT2D eigenvalue weighted by molar-refractivity contribution is 0.100. The van der Waals surface area contributed by atoms with Gasteiger partial charge in [-0.25, -0.2) is 8.42 Å². The van der Waals surface area contributed by atoms with Crippen LogP contribution in [-0.4, -0.2) is 26.5 Å². The summed E-state index contributed by atoms with van der Waals surface area (Å²) in [6.07, 6.45) is 2.92. The van der Waals surface area contributed by atoms with Gasteiger partial charge in [-0.1, -0.05) is 45.0 Å². The molecule has 0 saturated carbocycles. The Morgan fingerprint density at radius 3 is 2.25 bits per heavy atom. The molecule has 2 rings (SSSR count). The molecular weight excluding hydrogens is 374 g/mol. The van der Waals surface area contributed by atoms with E-state index in [2.05, 4.69) is 31.8 Å². The Hall–Kier alpha value is -2.67. The summed E-state index contributed by atoms with van der Waals surface area (Å²) < 4.78 is 24.0. The number of carbonyl (C=O) groups is 1. The fourth-order valence-electron chi connectivity index (χ4n) is 3.05. The number of rotatable bonds is 6. The van der Waals surface area contributed by atoms with Crippen molar-refractivity contribution in [3.05, 3.63) is 53.1 Å². The summed E-state index contributed by atoms with van der Waals surface area (Å²) in [7, 11) is -3.49. The van der Waals surface area contributed by atoms with Crippen molar-refractivity contribution in [1.29, 1.82) is 0 Å². The van der Waals surface area contributed by atoms with Gasteiger partial charge in [0, 0.05) is 6.26 Å². The van der Waals surface area contributed by atoms with Gasteiger partial charge in [0.1, 0.15) is 0 Å². The molecule has 1 amide bonds. The number of hydrogen-bond acceptors (Lipinski definition) is 3. The zero-order valence-corrected chi connectivity index (χ0v) is 17.5. The van der Waals surface area contributed by atoms with E-state index in [-0.39, 0.29) is 22.3 Å². The van der Waals surface area contributed by atoms with E-state index in [1.165, 1.54) is 17.7 Å². The van der Waals surface area contributed by atoms with Crippen LogP contribution in [0.2, 0.25) is 0 Å². The van der Waals surface area contributed by atoms with Crippen molar-refractivity contribution in [2.45, 2.75) is 44.4 Å². The summed E-state index contributed by atoms with van der Waals surface area (Å²) in [5.41, 5.74) is 14.7. The predicted molar refractivity (Wildman–Crippen MR) is 113 cm³/mol. The molecular formula is C21H27N3O3S. The molecule has 0 aliphatic heterocycles. The van der Waals surface area contributed by atoms with Crippen LogP contribution >= 0.6 is 0 Å². The highest BCUT2D eigenvalue weighted by molar-refractivity contribution is 7.90. The van der Waals surface area contributed by atoms with E-state index >= 15 is 0 Å². The van der Waals surface area contributed by atoms with Crippen molar-refractivity contribution < 1.29 is 13.2 Å². The Morgan fingerprint density at radius 2 is 1.71 bits per heavy atom. The minimum absolute atomic E-state index is 0.0423. The molecule has 0 bridgehead atoms. The van der Waals surface area contributed by atoms with Gasteiger partial charge in [-0.05, 0) is 53.1 Å². The summed E-state index contributed by atoms with van der Waals surface area (Å²) in [4.78, 5) is 16.3. The van der Waals surface area contributed by atoms with E-state index in [9.17, 15) is 13.2 Å². The predicted octanol–water partition coefficient (Wildman–Crippen LogP) is 3.25. The zero-order valence-electron chi connectivity index (χ0n) is 16.7. The average molecular weight is 402 g/mol. The molecule has 1 atom stereocenters. The Balaban J connectivity index is 2.81. The Morgan fingerprint density at radius 1 is 1.07 bits per heavy atom. The topological polar surface area (TPSA) is 116 Å². The first-order valence-electron chi connectivity index (χ1n) is 9.19. The molecule has 6 nitrogen and oxygen atoms in total. The molecule has 0 heterocycles. The fraction of sp³-hybridized carbons (Fsp3) is 0.333. The van der Waals surface area contributed by atoms with Crippen LogP contribution in [0.5, 0.6) is 0 Å². The van der Waals surface area contributed by atoms with Crippen LogP contribution in [0.15, 0.2) is 46.3 Å². The number of amides is 1. The van der Waals surface area contributed by atoms with Crippen LogP contribution in [-0.2, 0) is 16.3 Å². The largest absolute Gasteiger partial charge is 0.370 e. The minimum atomic E-state index is -3.49. The molecule has 4 N–H and O–H groups in total. The number of nitrogens with two attached hydrogens (primary N) is 2. The first-order chi connectivity index (χ1) is 13.1. The highest BCUT2D eigenvalue weighted by Gasteiger charge is 2.20. The van der Waals surface area contributed by atoms with E-state index in [0.717, 1.165) is 30.2 Å². The summed E-state index contributed by atoms with van der Waals surface area (Å²) in [5.74, 6) is -0.776. The van der Waals surface area contributed by atoms with Gasteiger partial charge < -0.3 is 11.5 Å². The monoisotopic (exact) mass is 401 g/mol. The molecule has 0 aliphatic rings. The quantitative estimate of drug-likeness (QED) is 0.569. The molecule has 0 aromatic heterocycles.